The van der Waals surface area contributed by atoms with Gasteiger partial charge in [0.05, 0.1) is 13.5 Å². The van der Waals surface area contributed by atoms with Crippen molar-refractivity contribution in [3.05, 3.63) is 63.9 Å². The Labute approximate surface area is 111 Å². The third kappa shape index (κ3) is 3.58. The summed E-state index contributed by atoms with van der Waals surface area (Å²) in [6.45, 7) is 0.397. The molecular weight excluding hydrogens is 246 g/mol. The lowest BCUT2D eigenvalue weighted by atomic mass is 10.1. The normalized spacial score (nSPS) is 17.7. The van der Waals surface area contributed by atoms with Crippen molar-refractivity contribution in [2.24, 2.45) is 0 Å². The van der Waals surface area contributed by atoms with Gasteiger partial charge in [0.15, 0.2) is 0 Å². The molecule has 0 radical (unpaired) electrons. The van der Waals surface area contributed by atoms with Gasteiger partial charge in [-0.15, -0.1) is 0 Å². The summed E-state index contributed by atoms with van der Waals surface area (Å²) >= 11 is 0. The molecule has 100 valence electrons. The monoisotopic (exact) mass is 261 g/mol. The van der Waals surface area contributed by atoms with Crippen molar-refractivity contribution < 1.29 is 14.4 Å². The minimum absolute atomic E-state index is 0.305. The van der Waals surface area contributed by atoms with Crippen molar-refractivity contribution in [1.29, 1.82) is 0 Å². The van der Waals surface area contributed by atoms with Crippen molar-refractivity contribution in [3.63, 3.8) is 0 Å². The Bertz CT molecular complexity index is 505. The maximum absolute atomic E-state index is 10.7. The maximum Gasteiger partial charge on any atom is 0.238 e. The first kappa shape index (κ1) is 13.1. The molecule has 0 saturated carbocycles. The number of benzene rings is 1. The Morgan fingerprint density at radius 1 is 1.37 bits per heavy atom. The van der Waals surface area contributed by atoms with E-state index in [1.54, 1.807) is 25.3 Å². The Kier molecular flexibility index (Phi) is 4.18. The van der Waals surface area contributed by atoms with Gasteiger partial charge in [0.25, 0.3) is 0 Å². The van der Waals surface area contributed by atoms with Crippen LogP contribution in [0.2, 0.25) is 0 Å². The fourth-order valence-corrected chi connectivity index (χ4v) is 1.78. The summed E-state index contributed by atoms with van der Waals surface area (Å²) in [5.74, 6) is 1.43. The average Bonchev–Trinajstić information content (AvgIpc) is 2.46. The molecule has 0 aromatic heterocycles. The molecule has 0 aliphatic heterocycles. The molecule has 0 fully saturated rings. The molecule has 1 aromatic rings. The van der Waals surface area contributed by atoms with E-state index >= 15 is 0 Å². The highest BCUT2D eigenvalue weighted by molar-refractivity contribution is 5.27. The predicted octanol–water partition coefficient (Wildman–Crippen LogP) is 2.70. The number of nitrogens with zero attached hydrogens (tertiary/aromatic N) is 1. The van der Waals surface area contributed by atoms with Gasteiger partial charge in [-0.05, 0) is 29.8 Å². The van der Waals surface area contributed by atoms with Crippen molar-refractivity contribution in [3.8, 4) is 5.75 Å². The smallest absolute Gasteiger partial charge is 0.238 e. The largest absolute Gasteiger partial charge is 0.497 e. The van der Waals surface area contributed by atoms with Crippen molar-refractivity contribution in [2.75, 3.05) is 7.11 Å². The van der Waals surface area contributed by atoms with Crippen LogP contribution in [0.15, 0.2) is 48.3 Å². The number of rotatable bonds is 5. The van der Waals surface area contributed by atoms with Crippen LogP contribution in [0.1, 0.15) is 12.0 Å². The third-order valence-electron chi connectivity index (χ3n) is 2.88. The zero-order valence-corrected chi connectivity index (χ0v) is 10.6. The first-order chi connectivity index (χ1) is 9.19. The topological polar surface area (TPSA) is 61.6 Å². The van der Waals surface area contributed by atoms with Crippen LogP contribution in [-0.4, -0.2) is 18.1 Å². The first-order valence-electron chi connectivity index (χ1n) is 5.95. The number of nitro groups is 1. The Morgan fingerprint density at radius 3 is 2.74 bits per heavy atom. The van der Waals surface area contributed by atoms with Gasteiger partial charge in [-0.1, -0.05) is 18.2 Å². The second-order valence-electron chi connectivity index (χ2n) is 4.21. The summed E-state index contributed by atoms with van der Waals surface area (Å²) in [4.78, 5) is 10.4. The predicted molar refractivity (Wildman–Crippen MR) is 70.4 cm³/mol. The van der Waals surface area contributed by atoms with Crippen molar-refractivity contribution >= 4 is 0 Å². The highest BCUT2D eigenvalue weighted by Gasteiger charge is 2.21. The minimum Gasteiger partial charge on any atom is -0.497 e. The van der Waals surface area contributed by atoms with E-state index in [9.17, 15) is 10.1 Å². The highest BCUT2D eigenvalue weighted by Crippen LogP contribution is 2.19. The van der Waals surface area contributed by atoms with E-state index in [2.05, 4.69) is 0 Å². The summed E-state index contributed by atoms with van der Waals surface area (Å²) < 4.78 is 10.7. The molecule has 0 amide bonds. The second kappa shape index (κ2) is 6.04. The van der Waals surface area contributed by atoms with Gasteiger partial charge < -0.3 is 9.47 Å². The summed E-state index contributed by atoms with van der Waals surface area (Å²) in [6, 6.07) is 6.84. The first-order valence-corrected chi connectivity index (χ1v) is 5.95. The fraction of sp³-hybridized carbons (Fsp3) is 0.286. The lowest BCUT2D eigenvalue weighted by Gasteiger charge is -2.14. The molecule has 0 bridgehead atoms. The van der Waals surface area contributed by atoms with Crippen LogP contribution in [0.25, 0.3) is 0 Å². The molecule has 0 heterocycles. The molecule has 0 N–H and O–H groups in total. The van der Waals surface area contributed by atoms with E-state index in [0.717, 1.165) is 11.3 Å². The molecule has 1 aliphatic rings. The van der Waals surface area contributed by atoms with Gasteiger partial charge in [0, 0.05) is 4.92 Å². The van der Waals surface area contributed by atoms with Crippen molar-refractivity contribution in [2.45, 2.75) is 19.1 Å². The molecule has 5 nitrogen and oxygen atoms in total. The molecule has 1 unspecified atom stereocenters. The zero-order valence-electron chi connectivity index (χ0n) is 10.6. The summed E-state index contributed by atoms with van der Waals surface area (Å²) in [5.41, 5.74) is 0.994. The van der Waals surface area contributed by atoms with Crippen LogP contribution >= 0.6 is 0 Å². The van der Waals surface area contributed by atoms with E-state index in [-0.39, 0.29) is 4.92 Å². The molecule has 1 aliphatic carbocycles. The SMILES string of the molecule is COc1ccc(COC2=CC=CC([N+](=O)[O-])C2)cc1. The lowest BCUT2D eigenvalue weighted by molar-refractivity contribution is -0.509. The molecular formula is C14H15NO4. The average molecular weight is 261 g/mol. The lowest BCUT2D eigenvalue weighted by Crippen LogP contribution is -2.19. The fourth-order valence-electron chi connectivity index (χ4n) is 1.78. The van der Waals surface area contributed by atoms with Crippen LogP contribution in [0.4, 0.5) is 0 Å². The van der Waals surface area contributed by atoms with Gasteiger partial charge >= 0.3 is 0 Å². The van der Waals surface area contributed by atoms with Gasteiger partial charge in [0.2, 0.25) is 6.04 Å². The summed E-state index contributed by atoms with van der Waals surface area (Å²) in [5, 5.41) is 10.7. The molecule has 1 aromatic carbocycles. The Balaban J connectivity index is 1.90. The van der Waals surface area contributed by atoms with Gasteiger partial charge in [-0.25, -0.2) is 0 Å². The molecule has 2 rings (SSSR count). The van der Waals surface area contributed by atoms with E-state index in [4.69, 9.17) is 9.47 Å². The van der Waals surface area contributed by atoms with Crippen LogP contribution in [-0.2, 0) is 11.3 Å². The van der Waals surface area contributed by atoms with E-state index in [0.29, 0.717) is 18.8 Å². The van der Waals surface area contributed by atoms with Crippen LogP contribution in [0.5, 0.6) is 5.75 Å². The molecule has 19 heavy (non-hydrogen) atoms. The van der Waals surface area contributed by atoms with Gasteiger partial charge in [-0.2, -0.15) is 0 Å². The molecule has 5 heteroatoms. The summed E-state index contributed by atoms with van der Waals surface area (Å²) in [7, 11) is 1.61. The Morgan fingerprint density at radius 2 is 2.11 bits per heavy atom. The van der Waals surface area contributed by atoms with E-state index < -0.39 is 6.04 Å². The zero-order chi connectivity index (χ0) is 13.7. The van der Waals surface area contributed by atoms with Crippen LogP contribution in [0, 0.1) is 10.1 Å². The van der Waals surface area contributed by atoms with E-state index in [1.807, 2.05) is 24.3 Å². The maximum atomic E-state index is 10.7. The Hall–Kier alpha value is -2.30. The quantitative estimate of drug-likeness (QED) is 0.604. The number of ether oxygens (including phenoxy) is 2. The highest BCUT2D eigenvalue weighted by atomic mass is 16.6. The minimum atomic E-state index is -0.684. The van der Waals surface area contributed by atoms with Crippen molar-refractivity contribution in [1.82, 2.24) is 0 Å². The van der Waals surface area contributed by atoms with Gasteiger partial charge in [-0.3, -0.25) is 10.1 Å². The molecule has 0 saturated heterocycles. The van der Waals surface area contributed by atoms with Crippen LogP contribution in [0.3, 0.4) is 0 Å². The number of hydrogen-bond donors (Lipinski definition) is 0. The molecule has 0 spiro atoms. The third-order valence-corrected chi connectivity index (χ3v) is 2.88. The summed E-state index contributed by atoms with van der Waals surface area (Å²) in [6.07, 6.45) is 5.31. The second-order valence-corrected chi connectivity index (χ2v) is 4.21. The number of allylic oxidation sites excluding steroid dienone is 2. The molecule has 1 atom stereocenters. The van der Waals surface area contributed by atoms with E-state index in [1.165, 1.54) is 0 Å². The van der Waals surface area contributed by atoms with Crippen LogP contribution < -0.4 is 4.74 Å². The number of hydrogen-bond acceptors (Lipinski definition) is 4. The van der Waals surface area contributed by atoms with Gasteiger partial charge in [0.1, 0.15) is 18.1 Å². The number of methoxy groups -OCH3 is 1. The standard InChI is InChI=1S/C14H15NO4/c1-18-13-7-5-11(6-8-13)10-19-14-4-2-3-12(9-14)15(16)17/h2-8,12H,9-10H2,1H3.